The zero-order chi connectivity index (χ0) is 11.4. The number of carboxylic acid groups (broad SMARTS) is 1. The van der Waals surface area contributed by atoms with E-state index in [-0.39, 0.29) is 0 Å². The highest BCUT2D eigenvalue weighted by Gasteiger charge is 2.18. The van der Waals surface area contributed by atoms with Gasteiger partial charge in [-0.1, -0.05) is 6.92 Å². The summed E-state index contributed by atoms with van der Waals surface area (Å²) in [5.41, 5.74) is 0. The number of likely N-dealkylation sites (N-methyl/N-ethyl adjacent to an activating group) is 1. The maximum atomic E-state index is 10.9. The third-order valence-corrected chi connectivity index (χ3v) is 2.07. The third kappa shape index (κ3) is 3.02. The average molecular weight is 212 g/mol. The average Bonchev–Trinajstić information content (AvgIpc) is 2.44. The summed E-state index contributed by atoms with van der Waals surface area (Å²) in [6, 6.07) is -0.616. The van der Waals surface area contributed by atoms with E-state index < -0.39 is 12.0 Å². The molecule has 1 unspecified atom stereocenters. The Balaban J connectivity index is 2.73. The van der Waals surface area contributed by atoms with Gasteiger partial charge in [0, 0.05) is 0 Å². The standard InChI is InChI=1S/C9H16N4O2/c1-4-10-8(9(14)15)5-13-7(3)11-6(2)12-13/h8,10H,4-5H2,1-3H3,(H,14,15). The predicted molar refractivity (Wildman–Crippen MR) is 54.6 cm³/mol. The quantitative estimate of drug-likeness (QED) is 0.715. The van der Waals surface area contributed by atoms with Crippen LogP contribution < -0.4 is 5.32 Å². The second-order valence-corrected chi connectivity index (χ2v) is 3.34. The zero-order valence-corrected chi connectivity index (χ0v) is 9.19. The molecular weight excluding hydrogens is 196 g/mol. The second kappa shape index (κ2) is 4.88. The molecule has 0 amide bonds. The number of aryl methyl sites for hydroxylation is 2. The van der Waals surface area contributed by atoms with Crippen molar-refractivity contribution in [3.05, 3.63) is 11.6 Å². The van der Waals surface area contributed by atoms with Crippen molar-refractivity contribution in [3.8, 4) is 0 Å². The van der Waals surface area contributed by atoms with E-state index >= 15 is 0 Å². The Morgan fingerprint density at radius 2 is 2.27 bits per heavy atom. The van der Waals surface area contributed by atoms with Crippen LogP contribution in [0.3, 0.4) is 0 Å². The van der Waals surface area contributed by atoms with Crippen LogP contribution in [0.15, 0.2) is 0 Å². The van der Waals surface area contributed by atoms with Gasteiger partial charge in [-0.3, -0.25) is 4.79 Å². The highest BCUT2D eigenvalue weighted by atomic mass is 16.4. The first-order valence-electron chi connectivity index (χ1n) is 4.88. The van der Waals surface area contributed by atoms with Gasteiger partial charge in [-0.25, -0.2) is 9.67 Å². The van der Waals surface area contributed by atoms with E-state index in [1.807, 2.05) is 13.8 Å². The number of rotatable bonds is 5. The molecule has 0 radical (unpaired) electrons. The molecule has 0 aliphatic heterocycles. The Bertz CT molecular complexity index is 348. The number of carboxylic acids is 1. The molecule has 0 fully saturated rings. The Hall–Kier alpha value is -1.43. The van der Waals surface area contributed by atoms with Gasteiger partial charge in [-0.2, -0.15) is 5.10 Å². The van der Waals surface area contributed by atoms with Crippen LogP contribution in [-0.4, -0.2) is 38.4 Å². The van der Waals surface area contributed by atoms with E-state index in [0.717, 1.165) is 5.82 Å². The predicted octanol–water partition coefficient (Wildman–Crippen LogP) is -0.0424. The monoisotopic (exact) mass is 212 g/mol. The molecule has 1 heterocycles. The zero-order valence-electron chi connectivity index (χ0n) is 9.19. The normalized spacial score (nSPS) is 12.7. The Morgan fingerprint density at radius 1 is 1.60 bits per heavy atom. The fourth-order valence-electron chi connectivity index (χ4n) is 1.38. The van der Waals surface area contributed by atoms with Crippen molar-refractivity contribution in [2.24, 2.45) is 0 Å². The van der Waals surface area contributed by atoms with Crippen molar-refractivity contribution in [1.82, 2.24) is 20.1 Å². The fourth-order valence-corrected chi connectivity index (χ4v) is 1.38. The van der Waals surface area contributed by atoms with E-state index in [0.29, 0.717) is 18.9 Å². The molecule has 0 aromatic carbocycles. The van der Waals surface area contributed by atoms with Crippen molar-refractivity contribution < 1.29 is 9.90 Å². The van der Waals surface area contributed by atoms with Crippen LogP contribution in [0.1, 0.15) is 18.6 Å². The number of carbonyl (C=O) groups is 1. The highest BCUT2D eigenvalue weighted by Crippen LogP contribution is 1.98. The maximum absolute atomic E-state index is 10.9. The summed E-state index contributed by atoms with van der Waals surface area (Å²) in [6.07, 6.45) is 0. The van der Waals surface area contributed by atoms with Crippen LogP contribution in [0.4, 0.5) is 0 Å². The van der Waals surface area contributed by atoms with Gasteiger partial charge in [-0.15, -0.1) is 0 Å². The van der Waals surface area contributed by atoms with E-state index in [9.17, 15) is 4.79 Å². The van der Waals surface area contributed by atoms with Crippen molar-refractivity contribution in [3.63, 3.8) is 0 Å². The second-order valence-electron chi connectivity index (χ2n) is 3.34. The van der Waals surface area contributed by atoms with E-state index in [1.54, 1.807) is 11.6 Å². The summed E-state index contributed by atoms with van der Waals surface area (Å²) in [7, 11) is 0. The van der Waals surface area contributed by atoms with Crippen LogP contribution in [0.2, 0.25) is 0 Å². The van der Waals surface area contributed by atoms with Gasteiger partial charge in [0.05, 0.1) is 6.54 Å². The van der Waals surface area contributed by atoms with Gasteiger partial charge < -0.3 is 10.4 Å². The van der Waals surface area contributed by atoms with Crippen LogP contribution in [-0.2, 0) is 11.3 Å². The topological polar surface area (TPSA) is 80.0 Å². The molecule has 0 aliphatic rings. The lowest BCUT2D eigenvalue weighted by Crippen LogP contribution is -2.40. The van der Waals surface area contributed by atoms with E-state index in [2.05, 4.69) is 15.4 Å². The number of aromatic nitrogens is 3. The largest absolute Gasteiger partial charge is 0.480 e. The van der Waals surface area contributed by atoms with Crippen LogP contribution in [0.25, 0.3) is 0 Å². The highest BCUT2D eigenvalue weighted by molar-refractivity contribution is 5.73. The molecule has 0 saturated heterocycles. The maximum Gasteiger partial charge on any atom is 0.322 e. The van der Waals surface area contributed by atoms with Crippen LogP contribution in [0, 0.1) is 13.8 Å². The van der Waals surface area contributed by atoms with E-state index in [4.69, 9.17) is 5.11 Å². The fraction of sp³-hybridized carbons (Fsp3) is 0.667. The minimum absolute atomic E-state index is 0.301. The number of hydrogen-bond donors (Lipinski definition) is 2. The molecule has 0 spiro atoms. The van der Waals surface area contributed by atoms with Crippen molar-refractivity contribution in [1.29, 1.82) is 0 Å². The molecule has 15 heavy (non-hydrogen) atoms. The van der Waals surface area contributed by atoms with Gasteiger partial charge in [0.2, 0.25) is 0 Å². The molecule has 0 aliphatic carbocycles. The molecule has 1 atom stereocenters. The van der Waals surface area contributed by atoms with Gasteiger partial charge in [0.15, 0.2) is 0 Å². The Labute approximate surface area is 88.3 Å². The lowest BCUT2D eigenvalue weighted by atomic mass is 10.3. The van der Waals surface area contributed by atoms with Crippen LogP contribution >= 0.6 is 0 Å². The first-order chi connectivity index (χ1) is 7.04. The summed E-state index contributed by atoms with van der Waals surface area (Å²) in [4.78, 5) is 15.0. The molecule has 1 aromatic rings. The molecule has 1 rings (SSSR count). The SMILES string of the molecule is CCNC(Cn1nc(C)nc1C)C(=O)O. The number of aliphatic carboxylic acids is 1. The number of hydrogen-bond acceptors (Lipinski definition) is 4. The van der Waals surface area contributed by atoms with Crippen molar-refractivity contribution >= 4 is 5.97 Å². The Kier molecular flexibility index (Phi) is 3.79. The van der Waals surface area contributed by atoms with Crippen molar-refractivity contribution in [2.75, 3.05) is 6.54 Å². The van der Waals surface area contributed by atoms with Crippen molar-refractivity contribution in [2.45, 2.75) is 33.4 Å². The summed E-state index contributed by atoms with van der Waals surface area (Å²) in [5, 5.41) is 15.9. The third-order valence-electron chi connectivity index (χ3n) is 2.07. The summed E-state index contributed by atoms with van der Waals surface area (Å²) >= 11 is 0. The van der Waals surface area contributed by atoms with Crippen LogP contribution in [0.5, 0.6) is 0 Å². The molecule has 0 bridgehead atoms. The summed E-state index contributed by atoms with van der Waals surface area (Å²) < 4.78 is 1.61. The van der Waals surface area contributed by atoms with Gasteiger partial charge in [-0.05, 0) is 20.4 Å². The minimum Gasteiger partial charge on any atom is -0.480 e. The summed E-state index contributed by atoms with van der Waals surface area (Å²) in [5.74, 6) is 0.522. The first kappa shape index (κ1) is 11.6. The lowest BCUT2D eigenvalue weighted by molar-refractivity contribution is -0.139. The van der Waals surface area contributed by atoms with Gasteiger partial charge >= 0.3 is 5.97 Å². The molecule has 1 aromatic heterocycles. The molecule has 6 nitrogen and oxygen atoms in total. The molecule has 2 N–H and O–H groups in total. The lowest BCUT2D eigenvalue weighted by Gasteiger charge is -2.13. The Morgan fingerprint density at radius 3 is 2.67 bits per heavy atom. The minimum atomic E-state index is -0.871. The first-order valence-corrected chi connectivity index (χ1v) is 4.88. The smallest absolute Gasteiger partial charge is 0.322 e. The molecule has 84 valence electrons. The molecule has 6 heteroatoms. The van der Waals surface area contributed by atoms with Gasteiger partial charge in [0.1, 0.15) is 17.7 Å². The number of nitrogens with zero attached hydrogens (tertiary/aromatic N) is 3. The number of nitrogens with one attached hydrogen (secondary N) is 1. The van der Waals surface area contributed by atoms with Gasteiger partial charge in [0.25, 0.3) is 0 Å². The van der Waals surface area contributed by atoms with E-state index in [1.165, 1.54) is 0 Å². The molecular formula is C9H16N4O2. The summed E-state index contributed by atoms with van der Waals surface area (Å²) in [6.45, 7) is 6.38. The molecule has 0 saturated carbocycles.